The van der Waals surface area contributed by atoms with Gasteiger partial charge in [0.15, 0.2) is 0 Å². The minimum atomic E-state index is -2.17. The van der Waals surface area contributed by atoms with Gasteiger partial charge in [-0.1, -0.05) is 19.2 Å². The van der Waals surface area contributed by atoms with E-state index in [1.165, 1.54) is 16.8 Å². The van der Waals surface area contributed by atoms with Crippen LogP contribution in [0.5, 0.6) is 0 Å². The molecule has 0 aliphatic carbocycles. The van der Waals surface area contributed by atoms with Gasteiger partial charge in [0.05, 0.1) is 0 Å². The van der Waals surface area contributed by atoms with E-state index in [1.807, 2.05) is 6.92 Å². The molecular weight excluding hydrogens is 315 g/mol. The van der Waals surface area contributed by atoms with Gasteiger partial charge in [-0.3, -0.25) is 4.79 Å². The molecule has 0 fully saturated rings. The SMILES string of the molecule is [B]C([B])(O)c1cccn(-c2c[c-]c(C)cn2)c1=O.[Y]. The quantitative estimate of drug-likeness (QED) is 0.614. The van der Waals surface area contributed by atoms with Crippen LogP contribution >= 0.6 is 0 Å². The maximum atomic E-state index is 12.1. The van der Waals surface area contributed by atoms with Crippen LogP contribution in [0.1, 0.15) is 11.1 Å². The molecule has 4 nitrogen and oxygen atoms in total. The first-order valence-electron chi connectivity index (χ1n) is 5.26. The molecule has 1 N–H and O–H groups in total. The summed E-state index contributed by atoms with van der Waals surface area (Å²) < 4.78 is 1.25. The summed E-state index contributed by atoms with van der Waals surface area (Å²) >= 11 is 0. The normalized spacial score (nSPS) is 10.8. The summed E-state index contributed by atoms with van der Waals surface area (Å²) in [4.78, 5) is 16.2. The Morgan fingerprint density at radius 2 is 2.16 bits per heavy atom. The molecule has 0 amide bonds. The standard InChI is InChI=1S/C12H9B2N2O2.Y/c1-8-4-5-10(15-7-8)16-6-2-3-9(11(16)17)12(13,14)18;/h2-3,5-7,18H,1H3;/q-1;. The minimum Gasteiger partial charge on any atom is -0.405 e. The van der Waals surface area contributed by atoms with Gasteiger partial charge in [0, 0.05) is 55.7 Å². The molecule has 5 radical (unpaired) electrons. The van der Waals surface area contributed by atoms with Crippen LogP contribution in [0.25, 0.3) is 5.82 Å². The molecule has 0 bridgehead atoms. The van der Waals surface area contributed by atoms with Crippen molar-refractivity contribution in [3.8, 4) is 5.82 Å². The Morgan fingerprint density at radius 1 is 1.47 bits per heavy atom. The Hall–Kier alpha value is -0.706. The molecule has 2 aromatic rings. The maximum absolute atomic E-state index is 12.1. The van der Waals surface area contributed by atoms with Gasteiger partial charge < -0.3 is 14.7 Å². The van der Waals surface area contributed by atoms with Crippen molar-refractivity contribution in [3.63, 3.8) is 0 Å². The number of rotatable bonds is 2. The van der Waals surface area contributed by atoms with E-state index >= 15 is 0 Å². The van der Waals surface area contributed by atoms with Crippen molar-refractivity contribution in [2.75, 3.05) is 0 Å². The predicted molar refractivity (Wildman–Crippen MR) is 68.8 cm³/mol. The second kappa shape index (κ2) is 6.16. The zero-order chi connectivity index (χ0) is 13.3. The summed E-state index contributed by atoms with van der Waals surface area (Å²) in [6.07, 6.45) is 3.11. The van der Waals surface area contributed by atoms with Crippen LogP contribution in [0.2, 0.25) is 0 Å². The fourth-order valence-corrected chi connectivity index (χ4v) is 1.53. The molecule has 2 heterocycles. The largest absolute Gasteiger partial charge is 0.405 e. The molecular formula is C12H9B2N2O2Y-. The molecule has 0 aliphatic heterocycles. The monoisotopic (exact) mass is 324 g/mol. The number of aliphatic hydroxyl groups is 1. The molecule has 7 heteroatoms. The first-order valence-corrected chi connectivity index (χ1v) is 5.26. The summed E-state index contributed by atoms with van der Waals surface area (Å²) in [5.41, 5.74) is 0.235. The summed E-state index contributed by atoms with van der Waals surface area (Å²) in [7, 11) is 10.6. The van der Waals surface area contributed by atoms with Crippen molar-refractivity contribution in [2.24, 2.45) is 0 Å². The Kier molecular flexibility index (Phi) is 5.30. The van der Waals surface area contributed by atoms with E-state index in [0.29, 0.717) is 5.82 Å². The molecule has 0 atom stereocenters. The summed E-state index contributed by atoms with van der Waals surface area (Å²) in [5.74, 6) is 0.386. The van der Waals surface area contributed by atoms with Crippen LogP contribution in [0.3, 0.4) is 0 Å². The first kappa shape index (κ1) is 16.3. The van der Waals surface area contributed by atoms with Crippen molar-refractivity contribution in [3.05, 3.63) is 58.1 Å². The van der Waals surface area contributed by atoms with Crippen molar-refractivity contribution in [1.82, 2.24) is 9.55 Å². The van der Waals surface area contributed by atoms with E-state index in [1.54, 1.807) is 18.3 Å². The number of nitrogens with zero attached hydrogens (tertiary/aromatic N) is 2. The van der Waals surface area contributed by atoms with Gasteiger partial charge in [-0.25, -0.2) is 0 Å². The van der Waals surface area contributed by atoms with Crippen LogP contribution in [0, 0.1) is 13.0 Å². The molecule has 2 rings (SSSR count). The summed E-state index contributed by atoms with van der Waals surface area (Å²) in [6, 6.07) is 7.44. The minimum absolute atomic E-state index is 0. The van der Waals surface area contributed by atoms with Crippen LogP contribution in [-0.4, -0.2) is 30.4 Å². The first-order chi connectivity index (χ1) is 8.39. The van der Waals surface area contributed by atoms with Gasteiger partial charge >= 0.3 is 0 Å². The Balaban J connectivity index is 0.00000180. The average Bonchev–Trinajstić information content (AvgIpc) is 2.29. The van der Waals surface area contributed by atoms with E-state index in [0.717, 1.165) is 5.56 Å². The zero-order valence-corrected chi connectivity index (χ0v) is 13.2. The van der Waals surface area contributed by atoms with E-state index in [2.05, 4.69) is 11.1 Å². The third-order valence-electron chi connectivity index (χ3n) is 2.44. The summed E-state index contributed by atoms with van der Waals surface area (Å²) in [6.45, 7) is 1.84. The average molecular weight is 324 g/mol. The topological polar surface area (TPSA) is 55.1 Å². The van der Waals surface area contributed by atoms with Gasteiger partial charge in [0.2, 0.25) is 5.56 Å². The number of hydrogen-bond acceptors (Lipinski definition) is 3. The van der Waals surface area contributed by atoms with Gasteiger partial charge in [0.25, 0.3) is 0 Å². The molecule has 0 aromatic carbocycles. The van der Waals surface area contributed by atoms with E-state index in [-0.39, 0.29) is 38.3 Å². The van der Waals surface area contributed by atoms with Crippen molar-refractivity contribution in [1.29, 1.82) is 0 Å². The maximum Gasteiger partial charge on any atom is 0.249 e. The van der Waals surface area contributed by atoms with Crippen LogP contribution < -0.4 is 5.56 Å². The number of pyridine rings is 2. The number of aromatic nitrogens is 2. The molecule has 0 aliphatic rings. The Bertz CT molecular complexity index is 621. The summed E-state index contributed by atoms with van der Waals surface area (Å²) in [5, 5.41) is 7.33. The Morgan fingerprint density at radius 3 is 2.68 bits per heavy atom. The van der Waals surface area contributed by atoms with Crippen LogP contribution in [0.4, 0.5) is 0 Å². The second-order valence-corrected chi connectivity index (χ2v) is 4.01. The molecule has 0 saturated carbocycles. The molecule has 0 saturated heterocycles. The Labute approximate surface area is 139 Å². The fraction of sp³-hybridized carbons (Fsp3) is 0.167. The van der Waals surface area contributed by atoms with Gasteiger partial charge in [-0.15, -0.1) is 11.6 Å². The number of hydrogen-bond donors (Lipinski definition) is 1. The third-order valence-corrected chi connectivity index (χ3v) is 2.44. The fourth-order valence-electron chi connectivity index (χ4n) is 1.53. The molecule has 0 unspecified atom stereocenters. The molecule has 0 spiro atoms. The van der Waals surface area contributed by atoms with Gasteiger partial charge in [0.1, 0.15) is 15.7 Å². The van der Waals surface area contributed by atoms with Crippen LogP contribution in [0.15, 0.2) is 35.4 Å². The van der Waals surface area contributed by atoms with E-state index in [4.69, 9.17) is 15.7 Å². The molecule has 19 heavy (non-hydrogen) atoms. The van der Waals surface area contributed by atoms with Crippen molar-refractivity contribution >= 4 is 15.7 Å². The number of aryl methyl sites for hydroxylation is 1. The van der Waals surface area contributed by atoms with Crippen molar-refractivity contribution < 1.29 is 37.8 Å². The van der Waals surface area contributed by atoms with E-state index in [9.17, 15) is 9.90 Å². The van der Waals surface area contributed by atoms with Crippen LogP contribution in [-0.2, 0) is 38.1 Å². The third kappa shape index (κ3) is 3.65. The zero-order valence-electron chi connectivity index (χ0n) is 10.4. The molecule has 2 aromatic heterocycles. The van der Waals surface area contributed by atoms with Gasteiger partial charge in [-0.05, 0) is 6.07 Å². The van der Waals surface area contributed by atoms with Gasteiger partial charge in [-0.2, -0.15) is 6.07 Å². The predicted octanol–water partition coefficient (Wildman–Crippen LogP) is -0.222. The van der Waals surface area contributed by atoms with E-state index < -0.39 is 11.0 Å². The smallest absolute Gasteiger partial charge is 0.249 e. The second-order valence-electron chi connectivity index (χ2n) is 4.01. The molecule has 89 valence electrons. The van der Waals surface area contributed by atoms with Crippen molar-refractivity contribution in [2.45, 2.75) is 12.3 Å².